The Hall–Kier alpha value is -1.23. The molecular weight excluding hydrogens is 310 g/mol. The molecule has 19 heavy (non-hydrogen) atoms. The summed E-state index contributed by atoms with van der Waals surface area (Å²) in [6.45, 7) is 5.73. The number of amides is 1. The maximum atomic E-state index is 12.1. The maximum absolute atomic E-state index is 12.1. The molecular formula is C14H18BrNO3. The first-order valence-corrected chi connectivity index (χ1v) is 7.44. The van der Waals surface area contributed by atoms with Gasteiger partial charge in [0.15, 0.2) is 0 Å². The molecule has 1 fully saturated rings. The monoisotopic (exact) mass is 327 g/mol. The molecule has 4 nitrogen and oxygen atoms in total. The highest BCUT2D eigenvalue weighted by molar-refractivity contribution is 9.10. The molecule has 1 aromatic carbocycles. The summed E-state index contributed by atoms with van der Waals surface area (Å²) in [7, 11) is 0. The number of halogens is 1. The molecule has 0 spiro atoms. The fraction of sp³-hybridized carbons (Fsp3) is 0.500. The van der Waals surface area contributed by atoms with Crippen LogP contribution in [0.2, 0.25) is 0 Å². The maximum Gasteiger partial charge on any atom is 0.240 e. The number of benzene rings is 1. The van der Waals surface area contributed by atoms with E-state index >= 15 is 0 Å². The van der Waals surface area contributed by atoms with Crippen LogP contribution in [0.15, 0.2) is 18.2 Å². The standard InChI is InChI=1S/C14H18BrNO3/c1-3-18-10-5-6-13(19-4-2)12(9-10)16-8-7-11(15)14(16)17/h5-6,9,11H,3-4,7-8H2,1-2H3. The van der Waals surface area contributed by atoms with Crippen molar-refractivity contribution in [2.45, 2.75) is 25.1 Å². The van der Waals surface area contributed by atoms with E-state index < -0.39 is 0 Å². The molecule has 0 saturated carbocycles. The Morgan fingerprint density at radius 2 is 2.05 bits per heavy atom. The van der Waals surface area contributed by atoms with Crippen LogP contribution in [0.5, 0.6) is 11.5 Å². The lowest BCUT2D eigenvalue weighted by Crippen LogP contribution is -2.27. The molecule has 5 heteroatoms. The summed E-state index contributed by atoms with van der Waals surface area (Å²) in [5, 5.41) is 0. The molecule has 1 aliphatic rings. The molecule has 1 aliphatic heterocycles. The number of hydrogen-bond donors (Lipinski definition) is 0. The molecule has 0 radical (unpaired) electrons. The highest BCUT2D eigenvalue weighted by atomic mass is 79.9. The van der Waals surface area contributed by atoms with E-state index in [4.69, 9.17) is 9.47 Å². The Morgan fingerprint density at radius 3 is 2.63 bits per heavy atom. The van der Waals surface area contributed by atoms with Crippen LogP contribution in [0.3, 0.4) is 0 Å². The third kappa shape index (κ3) is 3.03. The molecule has 0 bridgehead atoms. The van der Waals surface area contributed by atoms with Crippen molar-refractivity contribution in [1.29, 1.82) is 0 Å². The van der Waals surface area contributed by atoms with E-state index in [2.05, 4.69) is 15.9 Å². The van der Waals surface area contributed by atoms with E-state index in [0.717, 1.165) is 23.6 Å². The predicted octanol–water partition coefficient (Wildman–Crippen LogP) is 2.98. The van der Waals surface area contributed by atoms with Crippen LogP contribution in [0.25, 0.3) is 0 Å². The van der Waals surface area contributed by atoms with Gasteiger partial charge in [-0.1, -0.05) is 15.9 Å². The number of alkyl halides is 1. The van der Waals surface area contributed by atoms with E-state index in [0.29, 0.717) is 19.8 Å². The Bertz CT molecular complexity index is 464. The van der Waals surface area contributed by atoms with Gasteiger partial charge < -0.3 is 14.4 Å². The largest absolute Gasteiger partial charge is 0.494 e. The molecule has 0 N–H and O–H groups in total. The van der Waals surface area contributed by atoms with Crippen molar-refractivity contribution in [3.8, 4) is 11.5 Å². The van der Waals surface area contributed by atoms with Crippen LogP contribution in [0, 0.1) is 0 Å². The summed E-state index contributed by atoms with van der Waals surface area (Å²) in [6, 6.07) is 5.60. The third-order valence-corrected chi connectivity index (χ3v) is 3.82. The molecule has 104 valence electrons. The zero-order chi connectivity index (χ0) is 13.8. The lowest BCUT2D eigenvalue weighted by atomic mass is 10.2. The highest BCUT2D eigenvalue weighted by Gasteiger charge is 2.32. The first-order valence-electron chi connectivity index (χ1n) is 6.52. The number of carbonyl (C=O) groups is 1. The summed E-state index contributed by atoms with van der Waals surface area (Å²) >= 11 is 3.39. The molecule has 1 saturated heterocycles. The second-order valence-corrected chi connectivity index (χ2v) is 5.35. The Morgan fingerprint density at radius 1 is 1.32 bits per heavy atom. The molecule has 1 unspecified atom stereocenters. The van der Waals surface area contributed by atoms with Gasteiger partial charge in [-0.05, 0) is 32.4 Å². The molecule has 0 aromatic heterocycles. The third-order valence-electron chi connectivity index (χ3n) is 2.97. The molecule has 0 aliphatic carbocycles. The summed E-state index contributed by atoms with van der Waals surface area (Å²) < 4.78 is 11.1. The van der Waals surface area contributed by atoms with E-state index in [1.165, 1.54) is 0 Å². The first kappa shape index (κ1) is 14.2. The number of nitrogens with zero attached hydrogens (tertiary/aromatic N) is 1. The smallest absolute Gasteiger partial charge is 0.240 e. The number of rotatable bonds is 5. The molecule has 1 atom stereocenters. The lowest BCUT2D eigenvalue weighted by molar-refractivity contribution is -0.116. The summed E-state index contributed by atoms with van der Waals surface area (Å²) in [5.74, 6) is 1.56. The van der Waals surface area contributed by atoms with E-state index in [1.807, 2.05) is 32.0 Å². The van der Waals surface area contributed by atoms with Gasteiger partial charge in [0.25, 0.3) is 0 Å². The fourth-order valence-electron chi connectivity index (χ4n) is 2.13. The van der Waals surface area contributed by atoms with Gasteiger partial charge in [0.05, 0.1) is 23.7 Å². The Balaban J connectivity index is 2.34. The van der Waals surface area contributed by atoms with Crippen molar-refractivity contribution in [2.75, 3.05) is 24.7 Å². The topological polar surface area (TPSA) is 38.8 Å². The minimum absolute atomic E-state index is 0.0783. The normalized spacial score (nSPS) is 18.8. The van der Waals surface area contributed by atoms with Crippen LogP contribution in [0.4, 0.5) is 5.69 Å². The molecule has 1 heterocycles. The average molecular weight is 328 g/mol. The van der Waals surface area contributed by atoms with Gasteiger partial charge in [-0.15, -0.1) is 0 Å². The van der Waals surface area contributed by atoms with Crippen molar-refractivity contribution in [2.24, 2.45) is 0 Å². The van der Waals surface area contributed by atoms with Crippen LogP contribution in [0.1, 0.15) is 20.3 Å². The Kier molecular flexibility index (Phi) is 4.69. The summed E-state index contributed by atoms with van der Waals surface area (Å²) in [6.07, 6.45) is 0.809. The quantitative estimate of drug-likeness (QED) is 0.780. The van der Waals surface area contributed by atoms with E-state index in [9.17, 15) is 4.79 Å². The van der Waals surface area contributed by atoms with Gasteiger partial charge in [-0.2, -0.15) is 0 Å². The number of hydrogen-bond acceptors (Lipinski definition) is 3. The summed E-state index contributed by atoms with van der Waals surface area (Å²) in [4.78, 5) is 13.8. The van der Waals surface area contributed by atoms with Crippen LogP contribution < -0.4 is 14.4 Å². The summed E-state index contributed by atoms with van der Waals surface area (Å²) in [5.41, 5.74) is 0.791. The van der Waals surface area contributed by atoms with Crippen molar-refractivity contribution in [3.05, 3.63) is 18.2 Å². The van der Waals surface area contributed by atoms with Crippen LogP contribution in [-0.4, -0.2) is 30.5 Å². The second-order valence-electron chi connectivity index (χ2n) is 4.24. The van der Waals surface area contributed by atoms with Crippen molar-refractivity contribution >= 4 is 27.5 Å². The van der Waals surface area contributed by atoms with Crippen LogP contribution >= 0.6 is 15.9 Å². The highest BCUT2D eigenvalue weighted by Crippen LogP contribution is 2.36. The fourth-order valence-corrected chi connectivity index (χ4v) is 2.58. The Labute approximate surface area is 121 Å². The number of anilines is 1. The zero-order valence-corrected chi connectivity index (χ0v) is 12.8. The molecule has 1 amide bonds. The van der Waals surface area contributed by atoms with Gasteiger partial charge in [0, 0.05) is 12.6 Å². The van der Waals surface area contributed by atoms with Gasteiger partial charge in [0.1, 0.15) is 11.5 Å². The van der Waals surface area contributed by atoms with Gasteiger partial charge in [-0.3, -0.25) is 4.79 Å². The van der Waals surface area contributed by atoms with Crippen molar-refractivity contribution < 1.29 is 14.3 Å². The molecule has 1 aromatic rings. The lowest BCUT2D eigenvalue weighted by Gasteiger charge is -2.20. The van der Waals surface area contributed by atoms with Crippen LogP contribution in [-0.2, 0) is 4.79 Å². The molecule has 2 rings (SSSR count). The minimum Gasteiger partial charge on any atom is -0.494 e. The predicted molar refractivity (Wildman–Crippen MR) is 78.5 cm³/mol. The van der Waals surface area contributed by atoms with Gasteiger partial charge >= 0.3 is 0 Å². The average Bonchev–Trinajstić information content (AvgIpc) is 2.73. The van der Waals surface area contributed by atoms with Crippen molar-refractivity contribution in [3.63, 3.8) is 0 Å². The number of carbonyl (C=O) groups excluding carboxylic acids is 1. The van der Waals surface area contributed by atoms with E-state index in [-0.39, 0.29) is 10.7 Å². The minimum atomic E-state index is -0.0993. The first-order chi connectivity index (χ1) is 9.17. The van der Waals surface area contributed by atoms with Crippen molar-refractivity contribution in [1.82, 2.24) is 0 Å². The SMILES string of the molecule is CCOc1ccc(OCC)c(N2CCC(Br)C2=O)c1. The van der Waals surface area contributed by atoms with E-state index in [1.54, 1.807) is 4.90 Å². The second kappa shape index (κ2) is 6.28. The van der Waals surface area contributed by atoms with Gasteiger partial charge in [-0.25, -0.2) is 0 Å². The zero-order valence-electron chi connectivity index (χ0n) is 11.2. The number of ether oxygens (including phenoxy) is 2. The van der Waals surface area contributed by atoms with Gasteiger partial charge in [0.2, 0.25) is 5.91 Å².